The van der Waals surface area contributed by atoms with Gasteiger partial charge in [-0.2, -0.15) is 18.2 Å². The van der Waals surface area contributed by atoms with Gasteiger partial charge in [0.2, 0.25) is 5.82 Å². The first-order chi connectivity index (χ1) is 14.3. The van der Waals surface area contributed by atoms with Crippen LogP contribution in [0.4, 0.5) is 17.6 Å². The Morgan fingerprint density at radius 2 is 1.97 bits per heavy atom. The Bertz CT molecular complexity index is 1020. The lowest BCUT2D eigenvalue weighted by molar-refractivity contribution is -0.159. The van der Waals surface area contributed by atoms with Gasteiger partial charge in [0.25, 0.3) is 0 Å². The summed E-state index contributed by atoms with van der Waals surface area (Å²) >= 11 is 0. The SMILES string of the molecule is CCOC(=O)c1cc(CCCOc2ccc(-c3noc(C(F)(F)F)n3)cc2F)on1. The van der Waals surface area contributed by atoms with E-state index in [2.05, 4.69) is 19.8 Å². The number of esters is 1. The van der Waals surface area contributed by atoms with E-state index in [-0.39, 0.29) is 30.2 Å². The van der Waals surface area contributed by atoms with E-state index in [4.69, 9.17) is 14.0 Å². The van der Waals surface area contributed by atoms with Crippen molar-refractivity contribution in [1.82, 2.24) is 15.3 Å². The third-order valence-corrected chi connectivity index (χ3v) is 3.73. The minimum atomic E-state index is -4.78. The maximum absolute atomic E-state index is 14.2. The average Bonchev–Trinajstić information content (AvgIpc) is 3.36. The van der Waals surface area contributed by atoms with E-state index in [9.17, 15) is 22.4 Å². The second-order valence-corrected chi connectivity index (χ2v) is 5.92. The van der Waals surface area contributed by atoms with Gasteiger partial charge in [0.15, 0.2) is 17.3 Å². The maximum atomic E-state index is 14.2. The van der Waals surface area contributed by atoms with Gasteiger partial charge in [0, 0.05) is 18.1 Å². The molecular weight excluding hydrogens is 414 g/mol. The number of ether oxygens (including phenoxy) is 2. The molecule has 1 aromatic carbocycles. The molecule has 0 radical (unpaired) electrons. The molecule has 160 valence electrons. The Kier molecular flexibility index (Phi) is 6.33. The van der Waals surface area contributed by atoms with Crippen molar-refractivity contribution in [1.29, 1.82) is 0 Å². The molecule has 0 atom stereocenters. The Hall–Kier alpha value is -3.44. The summed E-state index contributed by atoms with van der Waals surface area (Å²) in [7, 11) is 0. The molecule has 30 heavy (non-hydrogen) atoms. The monoisotopic (exact) mass is 429 g/mol. The van der Waals surface area contributed by atoms with Gasteiger partial charge < -0.3 is 18.5 Å². The first-order valence-electron chi connectivity index (χ1n) is 8.74. The van der Waals surface area contributed by atoms with Crippen LogP contribution in [0.2, 0.25) is 0 Å². The number of aryl methyl sites for hydroxylation is 1. The molecule has 8 nitrogen and oxygen atoms in total. The van der Waals surface area contributed by atoms with Gasteiger partial charge in [-0.1, -0.05) is 10.3 Å². The Morgan fingerprint density at radius 3 is 2.63 bits per heavy atom. The summed E-state index contributed by atoms with van der Waals surface area (Å²) in [6.45, 7) is 2.01. The number of hydrogen-bond acceptors (Lipinski definition) is 8. The highest BCUT2D eigenvalue weighted by molar-refractivity contribution is 5.87. The topological polar surface area (TPSA) is 100 Å². The lowest BCUT2D eigenvalue weighted by Gasteiger charge is -2.07. The van der Waals surface area contributed by atoms with Gasteiger partial charge in [0.05, 0.1) is 13.2 Å². The third kappa shape index (κ3) is 5.13. The Morgan fingerprint density at radius 1 is 1.17 bits per heavy atom. The van der Waals surface area contributed by atoms with Crippen LogP contribution in [0.1, 0.15) is 35.5 Å². The fourth-order valence-electron chi connectivity index (χ4n) is 2.37. The Labute approximate surface area is 166 Å². The van der Waals surface area contributed by atoms with Crippen LogP contribution in [0.3, 0.4) is 0 Å². The highest BCUT2D eigenvalue weighted by atomic mass is 19.4. The van der Waals surface area contributed by atoms with E-state index in [0.717, 1.165) is 6.07 Å². The van der Waals surface area contributed by atoms with Crippen LogP contribution in [0, 0.1) is 5.82 Å². The number of halogens is 4. The molecule has 2 heterocycles. The molecule has 0 bridgehead atoms. The lowest BCUT2D eigenvalue weighted by atomic mass is 10.2. The van der Waals surface area contributed by atoms with Crippen molar-refractivity contribution < 1.29 is 40.9 Å². The second kappa shape index (κ2) is 8.93. The zero-order chi connectivity index (χ0) is 21.7. The van der Waals surface area contributed by atoms with E-state index >= 15 is 0 Å². The molecule has 0 aliphatic rings. The van der Waals surface area contributed by atoms with Crippen LogP contribution in [-0.2, 0) is 17.3 Å². The second-order valence-electron chi connectivity index (χ2n) is 5.92. The molecule has 0 saturated heterocycles. The van der Waals surface area contributed by atoms with Crippen molar-refractivity contribution in [3.8, 4) is 17.1 Å². The molecule has 2 aromatic heterocycles. The average molecular weight is 429 g/mol. The maximum Gasteiger partial charge on any atom is 0.471 e. The first kappa shape index (κ1) is 21.3. The van der Waals surface area contributed by atoms with Gasteiger partial charge in [-0.15, -0.1) is 0 Å². The van der Waals surface area contributed by atoms with Gasteiger partial charge in [-0.05, 0) is 31.5 Å². The summed E-state index contributed by atoms with van der Waals surface area (Å²) in [5.74, 6) is -2.95. The molecule has 0 amide bonds. The number of hydrogen-bond donors (Lipinski definition) is 0. The van der Waals surface area contributed by atoms with Crippen molar-refractivity contribution in [3.05, 3.63) is 47.4 Å². The standard InChI is InChI=1S/C18H15F4N3O5/c1-2-27-16(26)13-9-11(29-24-13)4-3-7-28-14-6-5-10(8-12(14)19)15-23-17(30-25-15)18(20,21)22/h5-6,8-9H,2-4,7H2,1H3. The molecule has 3 rings (SSSR count). The summed E-state index contributed by atoms with van der Waals surface area (Å²) in [5, 5.41) is 6.80. The Balaban J connectivity index is 1.53. The number of rotatable bonds is 8. The third-order valence-electron chi connectivity index (χ3n) is 3.73. The number of carbonyl (C=O) groups excluding carboxylic acids is 1. The van der Waals surface area contributed by atoms with E-state index in [1.54, 1.807) is 6.92 Å². The van der Waals surface area contributed by atoms with Gasteiger partial charge in [0.1, 0.15) is 5.76 Å². The van der Waals surface area contributed by atoms with Crippen LogP contribution in [0.25, 0.3) is 11.4 Å². The van der Waals surface area contributed by atoms with Gasteiger partial charge in [-0.3, -0.25) is 0 Å². The smallest absolute Gasteiger partial charge is 0.471 e. The summed E-state index contributed by atoms with van der Waals surface area (Å²) in [6.07, 6.45) is -3.97. The van der Waals surface area contributed by atoms with Crippen LogP contribution in [0.5, 0.6) is 5.75 Å². The molecule has 0 spiro atoms. The van der Waals surface area contributed by atoms with E-state index in [1.807, 2.05) is 0 Å². The summed E-state index contributed by atoms with van der Waals surface area (Å²) in [4.78, 5) is 14.7. The van der Waals surface area contributed by atoms with E-state index in [0.29, 0.717) is 18.6 Å². The first-order valence-corrected chi connectivity index (χ1v) is 8.74. The lowest BCUT2D eigenvalue weighted by Crippen LogP contribution is -2.05. The van der Waals surface area contributed by atoms with E-state index < -0.39 is 29.7 Å². The molecule has 0 fully saturated rings. The largest absolute Gasteiger partial charge is 0.491 e. The quantitative estimate of drug-likeness (QED) is 0.300. The molecular formula is C18H15F4N3O5. The van der Waals surface area contributed by atoms with Crippen LogP contribution in [0.15, 0.2) is 33.3 Å². The van der Waals surface area contributed by atoms with Crippen molar-refractivity contribution in [2.45, 2.75) is 25.9 Å². The fraction of sp³-hybridized carbons (Fsp3) is 0.333. The van der Waals surface area contributed by atoms with Crippen LogP contribution < -0.4 is 4.74 Å². The summed E-state index contributed by atoms with van der Waals surface area (Å²) in [5.41, 5.74) is 0.0665. The molecule has 0 aliphatic heterocycles. The number of alkyl halides is 3. The molecule has 0 N–H and O–H groups in total. The predicted octanol–water partition coefficient (Wildman–Crippen LogP) is 4.07. The van der Waals surface area contributed by atoms with Crippen LogP contribution >= 0.6 is 0 Å². The molecule has 0 saturated carbocycles. The minimum Gasteiger partial charge on any atom is -0.491 e. The van der Waals surface area contributed by atoms with Crippen molar-refractivity contribution in [2.24, 2.45) is 0 Å². The van der Waals surface area contributed by atoms with Crippen molar-refractivity contribution in [3.63, 3.8) is 0 Å². The molecule has 0 unspecified atom stereocenters. The number of aromatic nitrogens is 3. The zero-order valence-corrected chi connectivity index (χ0v) is 15.5. The number of benzene rings is 1. The highest BCUT2D eigenvalue weighted by Gasteiger charge is 2.38. The van der Waals surface area contributed by atoms with Gasteiger partial charge in [-0.25, -0.2) is 9.18 Å². The predicted molar refractivity (Wildman–Crippen MR) is 91.0 cm³/mol. The molecule has 0 aliphatic carbocycles. The van der Waals surface area contributed by atoms with Crippen molar-refractivity contribution in [2.75, 3.05) is 13.2 Å². The highest BCUT2D eigenvalue weighted by Crippen LogP contribution is 2.30. The fourth-order valence-corrected chi connectivity index (χ4v) is 2.37. The van der Waals surface area contributed by atoms with Crippen molar-refractivity contribution >= 4 is 5.97 Å². The number of carbonyl (C=O) groups is 1. The molecule has 3 aromatic rings. The van der Waals surface area contributed by atoms with Crippen LogP contribution in [-0.4, -0.2) is 34.5 Å². The summed E-state index contributed by atoms with van der Waals surface area (Å²) in [6, 6.07) is 4.96. The molecule has 12 heteroatoms. The van der Waals surface area contributed by atoms with E-state index in [1.165, 1.54) is 18.2 Å². The zero-order valence-electron chi connectivity index (χ0n) is 15.5. The summed E-state index contributed by atoms with van der Waals surface area (Å²) < 4.78 is 71.0. The number of nitrogens with zero attached hydrogens (tertiary/aromatic N) is 3. The van der Waals surface area contributed by atoms with Gasteiger partial charge >= 0.3 is 18.0 Å². The normalized spacial score (nSPS) is 11.5. The minimum absolute atomic E-state index is 0.00672.